The Labute approximate surface area is 134 Å². The van der Waals surface area contributed by atoms with Crippen molar-refractivity contribution in [2.45, 2.75) is 32.2 Å². The molecule has 0 radical (unpaired) electrons. The van der Waals surface area contributed by atoms with Gasteiger partial charge in [-0.1, -0.05) is 37.3 Å². The number of carbonyl (C=O) groups excluding carboxylic acids is 1. The molecular weight excluding hydrogens is 274 g/mol. The van der Waals surface area contributed by atoms with E-state index in [9.17, 15) is 4.79 Å². The van der Waals surface area contributed by atoms with E-state index in [4.69, 9.17) is 0 Å². The Morgan fingerprint density at radius 3 is 2.73 bits per heavy atom. The number of amides is 2. The van der Waals surface area contributed by atoms with Crippen LogP contribution in [0.3, 0.4) is 0 Å². The van der Waals surface area contributed by atoms with Crippen molar-refractivity contribution in [3.63, 3.8) is 0 Å². The van der Waals surface area contributed by atoms with Crippen molar-refractivity contribution in [2.75, 3.05) is 33.7 Å². The van der Waals surface area contributed by atoms with Crippen LogP contribution in [0.15, 0.2) is 30.3 Å². The number of urea groups is 1. The summed E-state index contributed by atoms with van der Waals surface area (Å²) in [6.07, 6.45) is 3.22. The van der Waals surface area contributed by atoms with E-state index in [2.05, 4.69) is 41.4 Å². The number of hydrogen-bond donors (Lipinski definition) is 1. The number of nitrogens with zero attached hydrogens (tertiary/aromatic N) is 2. The summed E-state index contributed by atoms with van der Waals surface area (Å²) in [4.78, 5) is 16.6. The Morgan fingerprint density at radius 2 is 2.09 bits per heavy atom. The van der Waals surface area contributed by atoms with Gasteiger partial charge in [-0.05, 0) is 44.8 Å². The number of carbonyl (C=O) groups is 1. The molecule has 2 rings (SSSR count). The highest BCUT2D eigenvalue weighted by Gasteiger charge is 2.23. The second-order valence-electron chi connectivity index (χ2n) is 6.79. The van der Waals surface area contributed by atoms with E-state index in [-0.39, 0.29) is 12.1 Å². The maximum absolute atomic E-state index is 12.5. The van der Waals surface area contributed by atoms with Crippen LogP contribution < -0.4 is 5.32 Å². The summed E-state index contributed by atoms with van der Waals surface area (Å²) in [6.45, 7) is 4.84. The number of nitrogens with one attached hydrogen (secondary N) is 1. The average Bonchev–Trinajstić information content (AvgIpc) is 2.47. The molecule has 0 aromatic heterocycles. The Balaban J connectivity index is 1.95. The van der Waals surface area contributed by atoms with E-state index in [1.807, 2.05) is 25.1 Å². The highest BCUT2D eigenvalue weighted by Crippen LogP contribution is 2.15. The van der Waals surface area contributed by atoms with E-state index < -0.39 is 0 Å². The van der Waals surface area contributed by atoms with Crippen molar-refractivity contribution >= 4 is 6.03 Å². The van der Waals surface area contributed by atoms with E-state index in [0.29, 0.717) is 5.92 Å². The lowest BCUT2D eigenvalue weighted by Crippen LogP contribution is -2.51. The highest BCUT2D eigenvalue weighted by molar-refractivity contribution is 5.74. The van der Waals surface area contributed by atoms with Crippen LogP contribution in [0.5, 0.6) is 0 Å². The molecule has 1 aliphatic heterocycles. The molecule has 0 bridgehead atoms. The van der Waals surface area contributed by atoms with Gasteiger partial charge in [0.15, 0.2) is 0 Å². The van der Waals surface area contributed by atoms with Gasteiger partial charge in [0, 0.05) is 25.7 Å². The molecule has 1 fully saturated rings. The molecule has 1 heterocycles. The van der Waals surface area contributed by atoms with Crippen molar-refractivity contribution in [3.8, 4) is 0 Å². The lowest BCUT2D eigenvalue weighted by molar-refractivity contribution is 0.164. The Hall–Kier alpha value is -1.55. The summed E-state index contributed by atoms with van der Waals surface area (Å²) >= 11 is 0. The largest absolute Gasteiger partial charge is 0.334 e. The van der Waals surface area contributed by atoms with Crippen LogP contribution in [0, 0.1) is 5.92 Å². The first-order valence-electron chi connectivity index (χ1n) is 8.28. The molecule has 22 heavy (non-hydrogen) atoms. The average molecular weight is 303 g/mol. The molecule has 1 aliphatic rings. The van der Waals surface area contributed by atoms with Gasteiger partial charge in [0.2, 0.25) is 0 Å². The fourth-order valence-electron chi connectivity index (χ4n) is 3.14. The molecule has 2 unspecified atom stereocenters. The van der Waals surface area contributed by atoms with E-state index in [1.165, 1.54) is 12.0 Å². The zero-order valence-electron chi connectivity index (χ0n) is 14.1. The Kier molecular flexibility index (Phi) is 6.25. The quantitative estimate of drug-likeness (QED) is 0.907. The minimum Gasteiger partial charge on any atom is -0.334 e. The van der Waals surface area contributed by atoms with Crippen LogP contribution in [0.4, 0.5) is 4.79 Å². The molecule has 122 valence electrons. The molecule has 0 aliphatic carbocycles. The normalized spacial score (nSPS) is 20.0. The second kappa shape index (κ2) is 8.18. The van der Waals surface area contributed by atoms with Crippen LogP contribution in [-0.4, -0.2) is 55.6 Å². The van der Waals surface area contributed by atoms with Crippen molar-refractivity contribution in [3.05, 3.63) is 35.9 Å². The molecule has 2 atom stereocenters. The summed E-state index contributed by atoms with van der Waals surface area (Å²) in [7, 11) is 4.10. The van der Waals surface area contributed by atoms with E-state index in [1.54, 1.807) is 0 Å². The number of likely N-dealkylation sites (N-methyl/N-ethyl adjacent to an activating group) is 1. The maximum atomic E-state index is 12.5. The minimum absolute atomic E-state index is 0.0920. The fraction of sp³-hybridized carbons (Fsp3) is 0.611. The van der Waals surface area contributed by atoms with Crippen LogP contribution in [-0.2, 0) is 6.42 Å². The van der Waals surface area contributed by atoms with Crippen molar-refractivity contribution < 1.29 is 4.79 Å². The third kappa shape index (κ3) is 5.34. The number of piperidine rings is 1. The molecule has 0 spiro atoms. The third-order valence-corrected chi connectivity index (χ3v) is 4.18. The number of rotatable bonds is 5. The van der Waals surface area contributed by atoms with Crippen LogP contribution >= 0.6 is 0 Å². The van der Waals surface area contributed by atoms with Gasteiger partial charge in [0.05, 0.1) is 0 Å². The molecule has 1 saturated heterocycles. The first-order valence-corrected chi connectivity index (χ1v) is 8.28. The fourth-order valence-corrected chi connectivity index (χ4v) is 3.14. The first-order chi connectivity index (χ1) is 10.5. The maximum Gasteiger partial charge on any atom is 0.317 e. The van der Waals surface area contributed by atoms with Crippen molar-refractivity contribution in [2.24, 2.45) is 5.92 Å². The molecule has 1 N–H and O–H groups in total. The second-order valence-corrected chi connectivity index (χ2v) is 6.79. The monoisotopic (exact) mass is 303 g/mol. The van der Waals surface area contributed by atoms with Gasteiger partial charge in [0.25, 0.3) is 0 Å². The molecule has 1 aromatic rings. The summed E-state index contributed by atoms with van der Waals surface area (Å²) in [5, 5.41) is 3.23. The van der Waals surface area contributed by atoms with Crippen LogP contribution in [0.1, 0.15) is 25.3 Å². The first kappa shape index (κ1) is 16.8. The predicted octanol–water partition coefficient (Wildman–Crippen LogP) is 2.60. The zero-order chi connectivity index (χ0) is 15.9. The van der Waals surface area contributed by atoms with Gasteiger partial charge in [0.1, 0.15) is 0 Å². The van der Waals surface area contributed by atoms with Gasteiger partial charge in [-0.3, -0.25) is 0 Å². The number of hydrogen-bond acceptors (Lipinski definition) is 2. The Bertz CT molecular complexity index is 461. The molecular formula is C18H29N3O. The van der Waals surface area contributed by atoms with Gasteiger partial charge in [-0.2, -0.15) is 0 Å². The SMILES string of the molecule is CC1CCCN(C(=O)NC(Cc2ccccc2)CN(C)C)C1. The standard InChI is InChI=1S/C18H29N3O/c1-15-8-7-11-21(13-15)18(22)19-17(14-20(2)3)12-16-9-5-4-6-10-16/h4-6,9-10,15,17H,7-8,11-14H2,1-3H3,(H,19,22). The summed E-state index contributed by atoms with van der Waals surface area (Å²) in [5.74, 6) is 0.612. The number of benzene rings is 1. The molecule has 0 saturated carbocycles. The topological polar surface area (TPSA) is 35.6 Å². The van der Waals surface area contributed by atoms with Gasteiger partial charge in [-0.15, -0.1) is 0 Å². The molecule has 4 heteroatoms. The minimum atomic E-state index is 0.0920. The predicted molar refractivity (Wildman–Crippen MR) is 91.0 cm³/mol. The summed E-state index contributed by atoms with van der Waals surface area (Å²) in [6, 6.07) is 10.6. The van der Waals surface area contributed by atoms with E-state index >= 15 is 0 Å². The highest BCUT2D eigenvalue weighted by atomic mass is 16.2. The molecule has 1 aromatic carbocycles. The van der Waals surface area contributed by atoms with Gasteiger partial charge >= 0.3 is 6.03 Å². The van der Waals surface area contributed by atoms with Gasteiger partial charge in [-0.25, -0.2) is 4.79 Å². The zero-order valence-corrected chi connectivity index (χ0v) is 14.1. The van der Waals surface area contributed by atoms with Gasteiger partial charge < -0.3 is 15.1 Å². The molecule has 2 amide bonds. The van der Waals surface area contributed by atoms with Crippen molar-refractivity contribution in [1.29, 1.82) is 0 Å². The lowest BCUT2D eigenvalue weighted by Gasteiger charge is -2.33. The third-order valence-electron chi connectivity index (χ3n) is 4.18. The molecule has 4 nitrogen and oxygen atoms in total. The summed E-state index contributed by atoms with van der Waals surface area (Å²) in [5.41, 5.74) is 1.27. The number of likely N-dealkylation sites (tertiary alicyclic amines) is 1. The summed E-state index contributed by atoms with van der Waals surface area (Å²) < 4.78 is 0. The van der Waals surface area contributed by atoms with Crippen LogP contribution in [0.2, 0.25) is 0 Å². The van der Waals surface area contributed by atoms with Crippen molar-refractivity contribution in [1.82, 2.24) is 15.1 Å². The van der Waals surface area contributed by atoms with E-state index in [0.717, 1.165) is 32.5 Å². The smallest absolute Gasteiger partial charge is 0.317 e. The lowest BCUT2D eigenvalue weighted by atomic mass is 10.0. The Morgan fingerprint density at radius 1 is 1.36 bits per heavy atom. The van der Waals surface area contributed by atoms with Crippen LogP contribution in [0.25, 0.3) is 0 Å².